The third-order valence-electron chi connectivity index (χ3n) is 10.3. The molecule has 45 heavy (non-hydrogen) atoms. The molecule has 4 bridgehead atoms. The SMILES string of the molecule is CCOC(=O)CCC(=O)N(CCc1ccccc1)C[C@@](C)(Cc1c[nH]c2ccccc12)NC(=O)OC1C2CC3CC(C2)CC1C3. The van der Waals surface area contributed by atoms with Crippen molar-refractivity contribution in [3.05, 3.63) is 71.9 Å². The Bertz CT molecular complexity index is 1460. The van der Waals surface area contributed by atoms with Crippen molar-refractivity contribution in [1.82, 2.24) is 15.2 Å². The minimum atomic E-state index is -0.829. The Hall–Kier alpha value is -3.81. The van der Waals surface area contributed by atoms with Gasteiger partial charge in [-0.1, -0.05) is 48.5 Å². The third-order valence-corrected chi connectivity index (χ3v) is 10.3. The molecule has 2 aromatic carbocycles. The number of nitrogens with zero attached hydrogens (tertiary/aromatic N) is 1. The Labute approximate surface area is 266 Å². The van der Waals surface area contributed by atoms with Crippen LogP contribution in [-0.2, 0) is 31.9 Å². The van der Waals surface area contributed by atoms with E-state index in [1.54, 1.807) is 11.8 Å². The molecule has 0 spiro atoms. The van der Waals surface area contributed by atoms with Gasteiger partial charge in [-0.15, -0.1) is 0 Å². The molecule has 240 valence electrons. The summed E-state index contributed by atoms with van der Waals surface area (Å²) in [6.07, 6.45) is 8.80. The number of hydrogen-bond donors (Lipinski definition) is 2. The number of carbonyl (C=O) groups is 3. The van der Waals surface area contributed by atoms with Gasteiger partial charge < -0.3 is 24.7 Å². The largest absolute Gasteiger partial charge is 0.466 e. The van der Waals surface area contributed by atoms with E-state index in [1.165, 1.54) is 32.1 Å². The molecule has 2 N–H and O–H groups in total. The Morgan fingerprint density at radius 1 is 0.933 bits per heavy atom. The van der Waals surface area contributed by atoms with Crippen LogP contribution < -0.4 is 5.32 Å². The molecule has 4 aliphatic rings. The summed E-state index contributed by atoms with van der Waals surface area (Å²) in [6.45, 7) is 4.78. The van der Waals surface area contributed by atoms with E-state index in [2.05, 4.69) is 16.4 Å². The number of para-hydroxylation sites is 1. The van der Waals surface area contributed by atoms with Crippen LogP contribution in [0.15, 0.2) is 60.8 Å². The number of hydrogen-bond acceptors (Lipinski definition) is 5. The predicted molar refractivity (Wildman–Crippen MR) is 173 cm³/mol. The summed E-state index contributed by atoms with van der Waals surface area (Å²) in [5.74, 6) is 1.98. The molecule has 8 heteroatoms. The molecule has 2 amide bonds. The molecule has 1 atom stereocenters. The van der Waals surface area contributed by atoms with Crippen molar-refractivity contribution in [3.63, 3.8) is 0 Å². The standard InChI is InChI=1S/C37H47N3O5/c1-3-44-34(42)14-13-33(41)40(16-15-25-9-5-4-6-10-25)24-37(2,22-30-23-38-32-12-8-7-11-31(30)32)39-36(43)45-35-28-18-26-17-27(20-28)21-29(35)19-26/h4-12,23,26-29,35,38H,3,13-22,24H2,1-2H3,(H,39,43)/t26?,27?,28?,29?,35?,37-/m1/s1. The lowest BCUT2D eigenvalue weighted by Crippen LogP contribution is -2.58. The van der Waals surface area contributed by atoms with Crippen LogP contribution >= 0.6 is 0 Å². The van der Waals surface area contributed by atoms with Gasteiger partial charge in [0.05, 0.1) is 18.6 Å². The van der Waals surface area contributed by atoms with Crippen LogP contribution in [0.25, 0.3) is 10.9 Å². The molecule has 0 unspecified atom stereocenters. The van der Waals surface area contributed by atoms with Gasteiger partial charge in [0.2, 0.25) is 5.91 Å². The predicted octanol–water partition coefficient (Wildman–Crippen LogP) is 6.43. The van der Waals surface area contributed by atoms with E-state index in [0.717, 1.165) is 33.9 Å². The molecular formula is C37H47N3O5. The summed E-state index contributed by atoms with van der Waals surface area (Å²) in [7, 11) is 0. The smallest absolute Gasteiger partial charge is 0.407 e. The van der Waals surface area contributed by atoms with Gasteiger partial charge >= 0.3 is 12.1 Å². The van der Waals surface area contributed by atoms with E-state index in [1.807, 2.05) is 61.7 Å². The van der Waals surface area contributed by atoms with Gasteiger partial charge in [-0.3, -0.25) is 9.59 Å². The van der Waals surface area contributed by atoms with E-state index in [4.69, 9.17) is 9.47 Å². The van der Waals surface area contributed by atoms with E-state index in [0.29, 0.717) is 31.2 Å². The maximum atomic E-state index is 13.8. The summed E-state index contributed by atoms with van der Waals surface area (Å²) < 4.78 is 11.4. The number of benzene rings is 2. The first-order valence-electron chi connectivity index (χ1n) is 16.8. The fourth-order valence-corrected chi connectivity index (χ4v) is 8.53. The first-order valence-corrected chi connectivity index (χ1v) is 16.8. The van der Waals surface area contributed by atoms with E-state index in [9.17, 15) is 14.4 Å². The lowest BCUT2D eigenvalue weighted by atomic mass is 9.55. The second-order valence-corrected chi connectivity index (χ2v) is 13.9. The highest BCUT2D eigenvalue weighted by atomic mass is 16.6. The summed E-state index contributed by atoms with van der Waals surface area (Å²) in [4.78, 5) is 44.8. The summed E-state index contributed by atoms with van der Waals surface area (Å²) in [5.41, 5.74) is 2.38. The van der Waals surface area contributed by atoms with Gasteiger partial charge in [0.1, 0.15) is 6.10 Å². The second kappa shape index (κ2) is 13.7. The second-order valence-electron chi connectivity index (χ2n) is 13.9. The van der Waals surface area contributed by atoms with E-state index < -0.39 is 11.6 Å². The zero-order chi connectivity index (χ0) is 31.4. The third kappa shape index (κ3) is 7.54. The quantitative estimate of drug-likeness (QED) is 0.216. The molecular weight excluding hydrogens is 566 g/mol. The van der Waals surface area contributed by atoms with E-state index >= 15 is 0 Å². The number of nitrogens with one attached hydrogen (secondary N) is 2. The van der Waals surface area contributed by atoms with Crippen LogP contribution in [0.3, 0.4) is 0 Å². The van der Waals surface area contributed by atoms with Crippen LogP contribution in [0.4, 0.5) is 4.79 Å². The van der Waals surface area contributed by atoms with Gasteiger partial charge in [0.15, 0.2) is 0 Å². The molecule has 0 radical (unpaired) electrons. The molecule has 4 aliphatic carbocycles. The van der Waals surface area contributed by atoms with Crippen molar-refractivity contribution >= 4 is 28.9 Å². The van der Waals surface area contributed by atoms with Crippen LogP contribution in [0.5, 0.6) is 0 Å². The van der Waals surface area contributed by atoms with Crippen molar-refractivity contribution in [2.45, 2.75) is 83.3 Å². The Morgan fingerprint density at radius 2 is 1.62 bits per heavy atom. The number of amides is 2. The number of ether oxygens (including phenoxy) is 2. The molecule has 4 fully saturated rings. The lowest BCUT2D eigenvalue weighted by molar-refractivity contribution is -0.145. The zero-order valence-corrected chi connectivity index (χ0v) is 26.6. The molecule has 7 rings (SSSR count). The normalized spacial score (nSPS) is 24.6. The first-order chi connectivity index (χ1) is 21.8. The average molecular weight is 614 g/mol. The van der Waals surface area contributed by atoms with Crippen LogP contribution in [-0.4, -0.2) is 59.2 Å². The average Bonchev–Trinajstić information content (AvgIpc) is 3.42. The van der Waals surface area contributed by atoms with Gasteiger partial charge in [-0.05, 0) is 99.7 Å². The Kier molecular flexibility index (Phi) is 9.47. The summed E-state index contributed by atoms with van der Waals surface area (Å²) >= 11 is 0. The van der Waals surface area contributed by atoms with Gasteiger partial charge in [-0.2, -0.15) is 0 Å². The molecule has 1 heterocycles. The minimum absolute atomic E-state index is 0.0234. The van der Waals surface area contributed by atoms with E-state index in [-0.39, 0.29) is 44.0 Å². The number of carbonyl (C=O) groups excluding carboxylic acids is 3. The Morgan fingerprint density at radius 3 is 2.33 bits per heavy atom. The number of alkyl carbamates (subject to hydrolysis) is 1. The van der Waals surface area contributed by atoms with Gasteiger partial charge in [-0.25, -0.2) is 4.79 Å². The maximum Gasteiger partial charge on any atom is 0.407 e. The monoisotopic (exact) mass is 613 g/mol. The number of aromatic nitrogens is 1. The topological polar surface area (TPSA) is 101 Å². The Balaban J connectivity index is 1.22. The molecule has 3 aromatic rings. The van der Waals surface area contributed by atoms with Gasteiger partial charge in [0.25, 0.3) is 0 Å². The van der Waals surface area contributed by atoms with Crippen LogP contribution in [0.2, 0.25) is 0 Å². The summed E-state index contributed by atoms with van der Waals surface area (Å²) in [6, 6.07) is 18.2. The summed E-state index contributed by atoms with van der Waals surface area (Å²) in [5, 5.41) is 4.35. The van der Waals surface area contributed by atoms with Crippen molar-refractivity contribution in [2.75, 3.05) is 19.7 Å². The first kappa shape index (κ1) is 31.2. The fourth-order valence-electron chi connectivity index (χ4n) is 8.53. The zero-order valence-electron chi connectivity index (χ0n) is 26.6. The lowest BCUT2D eigenvalue weighted by Gasteiger charge is -2.53. The molecule has 8 nitrogen and oxygen atoms in total. The number of aromatic amines is 1. The minimum Gasteiger partial charge on any atom is -0.466 e. The van der Waals surface area contributed by atoms with Crippen molar-refractivity contribution in [1.29, 1.82) is 0 Å². The fraction of sp³-hybridized carbons (Fsp3) is 0.541. The number of fused-ring (bicyclic) bond motifs is 1. The van der Waals surface area contributed by atoms with Gasteiger partial charge in [0, 0.05) is 36.6 Å². The molecule has 1 aromatic heterocycles. The van der Waals surface area contributed by atoms with Crippen molar-refractivity contribution in [2.24, 2.45) is 23.7 Å². The molecule has 0 saturated heterocycles. The molecule has 0 aliphatic heterocycles. The number of esters is 1. The number of rotatable bonds is 13. The van der Waals surface area contributed by atoms with Crippen LogP contribution in [0, 0.1) is 23.7 Å². The molecule has 4 saturated carbocycles. The highest BCUT2D eigenvalue weighted by Crippen LogP contribution is 2.54. The van der Waals surface area contributed by atoms with Crippen molar-refractivity contribution in [3.8, 4) is 0 Å². The highest BCUT2D eigenvalue weighted by Gasteiger charge is 2.50. The highest BCUT2D eigenvalue weighted by molar-refractivity contribution is 5.84. The van der Waals surface area contributed by atoms with Crippen molar-refractivity contribution < 1.29 is 23.9 Å². The number of H-pyrrole nitrogens is 1. The maximum absolute atomic E-state index is 13.8. The van der Waals surface area contributed by atoms with Crippen LogP contribution in [0.1, 0.15) is 69.9 Å².